The van der Waals surface area contributed by atoms with Crippen LogP contribution in [0.25, 0.3) is 22.5 Å². The number of hydrogen-bond acceptors (Lipinski definition) is 7. The van der Waals surface area contributed by atoms with Gasteiger partial charge in [0.2, 0.25) is 0 Å². The number of hydrogen-bond donors (Lipinski definition) is 2. The van der Waals surface area contributed by atoms with Gasteiger partial charge in [0.25, 0.3) is 0 Å². The summed E-state index contributed by atoms with van der Waals surface area (Å²) in [6.45, 7) is 0.900. The summed E-state index contributed by atoms with van der Waals surface area (Å²) in [6.07, 6.45) is -3.53. The molecule has 12 heteroatoms. The van der Waals surface area contributed by atoms with Gasteiger partial charge < -0.3 is 10.5 Å². The van der Waals surface area contributed by atoms with Gasteiger partial charge in [0.15, 0.2) is 15.7 Å². The predicted molar refractivity (Wildman–Crippen MR) is 104 cm³/mol. The minimum absolute atomic E-state index is 0.190. The normalized spacial score (nSPS) is 19.6. The molecular weight excluding hydrogens is 435 g/mol. The van der Waals surface area contributed by atoms with Gasteiger partial charge in [0.05, 0.1) is 22.6 Å². The molecule has 1 aliphatic rings. The van der Waals surface area contributed by atoms with Crippen LogP contribution in [0, 0.1) is 0 Å². The molecule has 1 aliphatic heterocycles. The van der Waals surface area contributed by atoms with Gasteiger partial charge in [0.1, 0.15) is 0 Å². The Balaban J connectivity index is 1.95. The first-order valence-corrected chi connectivity index (χ1v) is 11.1. The summed E-state index contributed by atoms with van der Waals surface area (Å²) in [7, 11) is -4.31. The van der Waals surface area contributed by atoms with Crippen LogP contribution in [0.4, 0.5) is 13.2 Å². The third-order valence-electron chi connectivity index (χ3n) is 5.24. The molecule has 3 aromatic rings. The van der Waals surface area contributed by atoms with E-state index in [1.54, 1.807) is 24.3 Å². The minimum Gasteiger partial charge on any atom is -0.379 e. The molecule has 0 radical (unpaired) electrons. The van der Waals surface area contributed by atoms with E-state index in [0.717, 1.165) is 17.9 Å². The lowest BCUT2D eigenvalue weighted by Gasteiger charge is -2.23. The standard InChI is InChI=1S/C19H18F3N5O3S/c1-31(28,29)16-14(19(20,21)22)7-6-13(15(16)17-24-26-27-25-17)11-2-4-12(5-3-11)18(23)8-9-30-10-18/h2-7H,8-10,23H2,1H3,(H,24,25,26,27). The average molecular weight is 453 g/mol. The number of tetrazole rings is 1. The molecule has 164 valence electrons. The van der Waals surface area contributed by atoms with Gasteiger partial charge in [-0.05, 0) is 39.6 Å². The minimum atomic E-state index is -4.89. The zero-order chi connectivity index (χ0) is 22.4. The number of benzene rings is 2. The molecule has 3 N–H and O–H groups in total. The van der Waals surface area contributed by atoms with E-state index in [-0.39, 0.29) is 17.0 Å². The third kappa shape index (κ3) is 3.93. The van der Waals surface area contributed by atoms with E-state index in [4.69, 9.17) is 10.5 Å². The number of ether oxygens (including phenoxy) is 1. The molecule has 0 saturated carbocycles. The Morgan fingerprint density at radius 2 is 1.87 bits per heavy atom. The second-order valence-electron chi connectivity index (χ2n) is 7.42. The Bertz CT molecular complexity index is 1200. The van der Waals surface area contributed by atoms with Crippen molar-refractivity contribution in [2.24, 2.45) is 5.73 Å². The number of rotatable bonds is 4. The first-order chi connectivity index (χ1) is 14.5. The van der Waals surface area contributed by atoms with Crippen LogP contribution in [0.3, 0.4) is 0 Å². The van der Waals surface area contributed by atoms with Crippen molar-refractivity contribution in [2.45, 2.75) is 23.0 Å². The predicted octanol–water partition coefficient (Wildman–Crippen LogP) is 2.53. The largest absolute Gasteiger partial charge is 0.417 e. The van der Waals surface area contributed by atoms with Crippen LogP contribution in [-0.4, -0.2) is 48.5 Å². The lowest BCUT2D eigenvalue weighted by Crippen LogP contribution is -2.36. The number of nitrogens with one attached hydrogen (secondary N) is 1. The Labute approximate surface area is 175 Å². The number of aromatic amines is 1. The number of aromatic nitrogens is 4. The molecule has 4 rings (SSSR count). The zero-order valence-corrected chi connectivity index (χ0v) is 17.1. The topological polar surface area (TPSA) is 124 Å². The summed E-state index contributed by atoms with van der Waals surface area (Å²) in [4.78, 5) is -0.889. The summed E-state index contributed by atoms with van der Waals surface area (Å²) < 4.78 is 71.2. The molecule has 8 nitrogen and oxygen atoms in total. The molecule has 2 heterocycles. The molecule has 0 spiro atoms. The maximum absolute atomic E-state index is 13.7. The first-order valence-electron chi connectivity index (χ1n) is 9.17. The van der Waals surface area contributed by atoms with Gasteiger partial charge in [-0.3, -0.25) is 0 Å². The van der Waals surface area contributed by atoms with E-state index in [0.29, 0.717) is 25.2 Å². The Kier molecular flexibility index (Phi) is 5.10. The monoisotopic (exact) mass is 453 g/mol. The smallest absolute Gasteiger partial charge is 0.379 e. The van der Waals surface area contributed by atoms with Crippen molar-refractivity contribution in [3.63, 3.8) is 0 Å². The third-order valence-corrected chi connectivity index (χ3v) is 6.40. The van der Waals surface area contributed by atoms with Crippen LogP contribution >= 0.6 is 0 Å². The lowest BCUT2D eigenvalue weighted by atomic mass is 9.88. The first kappa shape index (κ1) is 21.4. The Morgan fingerprint density at radius 1 is 1.16 bits per heavy atom. The van der Waals surface area contributed by atoms with Crippen molar-refractivity contribution in [1.29, 1.82) is 0 Å². The number of alkyl halides is 3. The number of nitrogens with two attached hydrogens (primary N) is 1. The summed E-state index contributed by atoms with van der Waals surface area (Å²) in [5, 5.41) is 12.8. The maximum atomic E-state index is 13.7. The van der Waals surface area contributed by atoms with Crippen molar-refractivity contribution in [3.8, 4) is 22.5 Å². The summed E-state index contributed by atoms with van der Waals surface area (Å²) >= 11 is 0. The molecule has 1 unspecified atom stereocenters. The summed E-state index contributed by atoms with van der Waals surface area (Å²) in [5.41, 5.74) is 5.71. The number of H-pyrrole nitrogens is 1. The second-order valence-corrected chi connectivity index (χ2v) is 9.37. The quantitative estimate of drug-likeness (QED) is 0.622. The maximum Gasteiger partial charge on any atom is 0.417 e. The molecule has 1 saturated heterocycles. The van der Waals surface area contributed by atoms with E-state index in [9.17, 15) is 21.6 Å². The van der Waals surface area contributed by atoms with Crippen LogP contribution < -0.4 is 5.73 Å². The lowest BCUT2D eigenvalue weighted by molar-refractivity contribution is -0.139. The molecular formula is C19H18F3N5O3S. The van der Waals surface area contributed by atoms with Gasteiger partial charge in [-0.25, -0.2) is 13.5 Å². The molecule has 2 aromatic carbocycles. The fourth-order valence-corrected chi connectivity index (χ4v) is 4.88. The van der Waals surface area contributed by atoms with Crippen molar-refractivity contribution >= 4 is 9.84 Å². The number of sulfone groups is 1. The van der Waals surface area contributed by atoms with E-state index >= 15 is 0 Å². The fraction of sp³-hybridized carbons (Fsp3) is 0.316. The van der Waals surface area contributed by atoms with E-state index in [1.165, 1.54) is 6.07 Å². The van der Waals surface area contributed by atoms with Gasteiger partial charge >= 0.3 is 6.18 Å². The van der Waals surface area contributed by atoms with E-state index < -0.39 is 32.0 Å². The highest BCUT2D eigenvalue weighted by Crippen LogP contribution is 2.43. The highest BCUT2D eigenvalue weighted by atomic mass is 32.2. The molecule has 1 fully saturated rings. The van der Waals surface area contributed by atoms with Crippen molar-refractivity contribution in [3.05, 3.63) is 47.5 Å². The Morgan fingerprint density at radius 3 is 2.39 bits per heavy atom. The highest BCUT2D eigenvalue weighted by molar-refractivity contribution is 7.91. The molecule has 0 bridgehead atoms. The molecule has 0 aliphatic carbocycles. The van der Waals surface area contributed by atoms with Gasteiger partial charge in [-0.1, -0.05) is 30.3 Å². The van der Waals surface area contributed by atoms with E-state index in [2.05, 4.69) is 20.6 Å². The van der Waals surface area contributed by atoms with Crippen molar-refractivity contribution < 1.29 is 26.3 Å². The highest BCUT2D eigenvalue weighted by Gasteiger charge is 2.39. The van der Waals surface area contributed by atoms with Crippen LogP contribution in [-0.2, 0) is 26.3 Å². The SMILES string of the molecule is CS(=O)(=O)c1c(C(F)(F)F)ccc(-c2ccc(C3(N)CCOC3)cc2)c1-c1nnn[nH]1. The Hall–Kier alpha value is -2.83. The van der Waals surface area contributed by atoms with Gasteiger partial charge in [-0.15, -0.1) is 5.10 Å². The van der Waals surface area contributed by atoms with Gasteiger partial charge in [-0.2, -0.15) is 13.2 Å². The number of halogens is 3. The van der Waals surface area contributed by atoms with Crippen LogP contribution in [0.2, 0.25) is 0 Å². The van der Waals surface area contributed by atoms with Gasteiger partial charge in [0, 0.05) is 18.4 Å². The second kappa shape index (κ2) is 7.39. The summed E-state index contributed by atoms with van der Waals surface area (Å²) in [6, 6.07) is 8.81. The summed E-state index contributed by atoms with van der Waals surface area (Å²) in [5.74, 6) is -0.190. The zero-order valence-electron chi connectivity index (χ0n) is 16.3. The molecule has 0 amide bonds. The molecule has 31 heavy (non-hydrogen) atoms. The van der Waals surface area contributed by atoms with Crippen LogP contribution in [0.1, 0.15) is 17.5 Å². The molecule has 1 atom stereocenters. The average Bonchev–Trinajstić information content (AvgIpc) is 3.38. The van der Waals surface area contributed by atoms with Crippen molar-refractivity contribution in [2.75, 3.05) is 19.5 Å². The van der Waals surface area contributed by atoms with Crippen LogP contribution in [0.5, 0.6) is 0 Å². The van der Waals surface area contributed by atoms with Crippen LogP contribution in [0.15, 0.2) is 41.3 Å². The fourth-order valence-electron chi connectivity index (χ4n) is 3.72. The van der Waals surface area contributed by atoms with Crippen molar-refractivity contribution in [1.82, 2.24) is 20.6 Å². The number of nitrogens with zero attached hydrogens (tertiary/aromatic N) is 3. The molecule has 1 aromatic heterocycles. The van der Waals surface area contributed by atoms with E-state index in [1.807, 2.05) is 0 Å².